The number of carbonyl (C=O) groups is 1. The summed E-state index contributed by atoms with van der Waals surface area (Å²) in [6, 6.07) is 8.09. The molecule has 0 bridgehead atoms. The topological polar surface area (TPSA) is 72.9 Å². The number of nitrogens with one attached hydrogen (secondary N) is 1. The Morgan fingerprint density at radius 1 is 1.18 bits per heavy atom. The molecular weight excluding hydrogens is 385 g/mol. The van der Waals surface area contributed by atoms with Crippen molar-refractivity contribution in [2.45, 2.75) is 0 Å². The molecule has 7 nitrogen and oxygen atoms in total. The van der Waals surface area contributed by atoms with Crippen molar-refractivity contribution in [3.05, 3.63) is 36.1 Å². The van der Waals surface area contributed by atoms with Gasteiger partial charge in [0.2, 0.25) is 11.7 Å². The molecule has 3 aromatic rings. The maximum absolute atomic E-state index is 13.8. The van der Waals surface area contributed by atoms with Crippen LogP contribution in [0.25, 0.3) is 10.2 Å². The Bertz CT molecular complexity index is 983. The molecule has 0 saturated carbocycles. The summed E-state index contributed by atoms with van der Waals surface area (Å²) in [5.41, 5.74) is 0.808. The summed E-state index contributed by atoms with van der Waals surface area (Å²) in [5, 5.41) is 3.35. The number of para-hydroxylation sites is 1. The fourth-order valence-electron chi connectivity index (χ4n) is 2.70. The van der Waals surface area contributed by atoms with Crippen molar-refractivity contribution < 1.29 is 23.4 Å². The SMILES string of the molecule is COc1cc(NC(=O)CN(C)c2nc3c(F)cccc3s2)cc(OC)c1OC. The highest BCUT2D eigenvalue weighted by molar-refractivity contribution is 7.22. The maximum Gasteiger partial charge on any atom is 0.243 e. The molecule has 9 heteroatoms. The fourth-order valence-corrected chi connectivity index (χ4v) is 3.64. The van der Waals surface area contributed by atoms with Gasteiger partial charge in [0.05, 0.1) is 32.6 Å². The number of aromatic nitrogens is 1. The minimum Gasteiger partial charge on any atom is -0.493 e. The van der Waals surface area contributed by atoms with Crippen molar-refractivity contribution in [1.82, 2.24) is 4.98 Å². The number of benzene rings is 2. The molecule has 0 atom stereocenters. The molecule has 1 aromatic heterocycles. The van der Waals surface area contributed by atoms with Gasteiger partial charge in [-0.25, -0.2) is 9.37 Å². The van der Waals surface area contributed by atoms with Crippen molar-refractivity contribution in [2.24, 2.45) is 0 Å². The summed E-state index contributed by atoms with van der Waals surface area (Å²) < 4.78 is 30.4. The van der Waals surface area contributed by atoms with Gasteiger partial charge in [-0.15, -0.1) is 0 Å². The first-order chi connectivity index (χ1) is 13.5. The molecule has 0 saturated heterocycles. The van der Waals surface area contributed by atoms with Crippen LogP contribution >= 0.6 is 11.3 Å². The Hall–Kier alpha value is -3.07. The predicted octanol–water partition coefficient (Wildman–Crippen LogP) is 3.54. The van der Waals surface area contributed by atoms with E-state index in [9.17, 15) is 9.18 Å². The molecule has 0 unspecified atom stereocenters. The van der Waals surface area contributed by atoms with E-state index in [2.05, 4.69) is 10.3 Å². The van der Waals surface area contributed by atoms with Gasteiger partial charge in [0.15, 0.2) is 16.6 Å². The zero-order valence-electron chi connectivity index (χ0n) is 15.9. The molecule has 148 valence electrons. The van der Waals surface area contributed by atoms with Crippen LogP contribution in [0.15, 0.2) is 30.3 Å². The van der Waals surface area contributed by atoms with Crippen LogP contribution in [0.1, 0.15) is 0 Å². The Kier molecular flexibility index (Phi) is 5.84. The van der Waals surface area contributed by atoms with Crippen molar-refractivity contribution in [3.8, 4) is 17.2 Å². The predicted molar refractivity (Wildman–Crippen MR) is 108 cm³/mol. The van der Waals surface area contributed by atoms with Crippen LogP contribution in [0.2, 0.25) is 0 Å². The molecular formula is C19H20FN3O4S. The van der Waals surface area contributed by atoms with Gasteiger partial charge in [0.1, 0.15) is 11.3 Å². The molecule has 1 N–H and O–H groups in total. The van der Waals surface area contributed by atoms with Crippen molar-refractivity contribution in [2.75, 3.05) is 45.1 Å². The molecule has 1 heterocycles. The van der Waals surface area contributed by atoms with Crippen LogP contribution in [0.5, 0.6) is 17.2 Å². The average Bonchev–Trinajstić information content (AvgIpc) is 3.13. The molecule has 0 spiro atoms. The van der Waals surface area contributed by atoms with Gasteiger partial charge in [0, 0.05) is 24.9 Å². The van der Waals surface area contributed by atoms with Gasteiger partial charge in [-0.2, -0.15) is 0 Å². The summed E-state index contributed by atoms with van der Waals surface area (Å²) >= 11 is 1.32. The lowest BCUT2D eigenvalue weighted by Gasteiger charge is -2.17. The first-order valence-electron chi connectivity index (χ1n) is 8.33. The highest BCUT2D eigenvalue weighted by Gasteiger charge is 2.17. The van der Waals surface area contributed by atoms with Gasteiger partial charge in [-0.1, -0.05) is 17.4 Å². The third-order valence-corrected chi connectivity index (χ3v) is 5.15. The maximum atomic E-state index is 13.8. The molecule has 0 aliphatic heterocycles. The number of anilines is 2. The number of ether oxygens (including phenoxy) is 3. The second-order valence-corrected chi connectivity index (χ2v) is 6.91. The van der Waals surface area contributed by atoms with Gasteiger partial charge in [-0.05, 0) is 12.1 Å². The van der Waals surface area contributed by atoms with Crippen molar-refractivity contribution >= 4 is 38.3 Å². The zero-order valence-corrected chi connectivity index (χ0v) is 16.7. The fraction of sp³-hybridized carbons (Fsp3) is 0.263. The van der Waals surface area contributed by atoms with E-state index >= 15 is 0 Å². The number of likely N-dealkylation sites (N-methyl/N-ethyl adjacent to an activating group) is 1. The van der Waals surface area contributed by atoms with Gasteiger partial charge in [-0.3, -0.25) is 4.79 Å². The number of fused-ring (bicyclic) bond motifs is 1. The van der Waals surface area contributed by atoms with E-state index < -0.39 is 0 Å². The second-order valence-electron chi connectivity index (χ2n) is 5.90. The first-order valence-corrected chi connectivity index (χ1v) is 9.14. The van der Waals surface area contributed by atoms with E-state index in [1.54, 1.807) is 36.2 Å². The van der Waals surface area contributed by atoms with Crippen LogP contribution in [0, 0.1) is 5.82 Å². The van der Waals surface area contributed by atoms with Crippen molar-refractivity contribution in [1.29, 1.82) is 0 Å². The number of thiazole rings is 1. The van der Waals surface area contributed by atoms with E-state index in [4.69, 9.17) is 14.2 Å². The monoisotopic (exact) mass is 405 g/mol. The zero-order chi connectivity index (χ0) is 20.3. The average molecular weight is 405 g/mol. The Morgan fingerprint density at radius 2 is 1.86 bits per heavy atom. The molecule has 28 heavy (non-hydrogen) atoms. The minimum absolute atomic E-state index is 0.0398. The number of hydrogen-bond donors (Lipinski definition) is 1. The molecule has 3 rings (SSSR count). The smallest absolute Gasteiger partial charge is 0.243 e. The first kappa shape index (κ1) is 19.7. The van der Waals surface area contributed by atoms with Gasteiger partial charge < -0.3 is 24.4 Å². The normalized spacial score (nSPS) is 10.6. The van der Waals surface area contributed by atoms with Crippen molar-refractivity contribution in [3.63, 3.8) is 0 Å². The van der Waals surface area contributed by atoms with Crippen LogP contribution in [0.4, 0.5) is 15.2 Å². The number of hydrogen-bond acceptors (Lipinski definition) is 7. The van der Waals surface area contributed by atoms with Crippen LogP contribution < -0.4 is 24.4 Å². The second kappa shape index (κ2) is 8.30. The lowest BCUT2D eigenvalue weighted by Crippen LogP contribution is -2.30. The van der Waals surface area contributed by atoms with Crippen LogP contribution in [0.3, 0.4) is 0 Å². The van der Waals surface area contributed by atoms with E-state index in [1.807, 2.05) is 0 Å². The molecule has 0 radical (unpaired) electrons. The summed E-state index contributed by atoms with van der Waals surface area (Å²) in [7, 11) is 6.24. The largest absolute Gasteiger partial charge is 0.493 e. The summed E-state index contributed by atoms with van der Waals surface area (Å²) in [5.74, 6) is 0.669. The molecule has 0 fully saturated rings. The van der Waals surface area contributed by atoms with E-state index in [-0.39, 0.29) is 18.3 Å². The quantitative estimate of drug-likeness (QED) is 0.648. The number of amides is 1. The van der Waals surface area contributed by atoms with Crippen LogP contribution in [-0.2, 0) is 4.79 Å². The number of rotatable bonds is 7. The third kappa shape index (κ3) is 3.94. The highest BCUT2D eigenvalue weighted by Crippen LogP contribution is 2.40. The molecule has 1 amide bonds. The Morgan fingerprint density at radius 3 is 2.43 bits per heavy atom. The van der Waals surface area contributed by atoms with E-state index in [1.165, 1.54) is 38.7 Å². The molecule has 0 aliphatic rings. The summed E-state index contributed by atoms with van der Waals surface area (Å²) in [6.07, 6.45) is 0. The lowest BCUT2D eigenvalue weighted by molar-refractivity contribution is -0.114. The minimum atomic E-state index is -0.379. The van der Waals surface area contributed by atoms with E-state index in [0.717, 1.165) is 4.70 Å². The molecule has 0 aliphatic carbocycles. The molecule has 2 aromatic carbocycles. The Labute approximate surface area is 165 Å². The van der Waals surface area contributed by atoms with E-state index in [0.29, 0.717) is 33.6 Å². The Balaban J connectivity index is 1.75. The standard InChI is InChI=1S/C19H20FN3O4S/c1-23(19-22-17-12(20)6-5-7-15(17)28-19)10-16(24)21-11-8-13(25-2)18(27-4)14(9-11)26-3/h5-9H,10H2,1-4H3,(H,21,24). The van der Waals surface area contributed by atoms with Gasteiger partial charge in [0.25, 0.3) is 0 Å². The number of methoxy groups -OCH3 is 3. The summed E-state index contributed by atoms with van der Waals surface area (Å²) in [6.45, 7) is 0.0398. The van der Waals surface area contributed by atoms with Crippen LogP contribution in [-0.4, -0.2) is 45.8 Å². The number of halogens is 1. The third-order valence-electron chi connectivity index (χ3n) is 4.01. The highest BCUT2D eigenvalue weighted by atomic mass is 32.1. The summed E-state index contributed by atoms with van der Waals surface area (Å²) in [4.78, 5) is 18.4. The number of carbonyl (C=O) groups excluding carboxylic acids is 1. The lowest BCUT2D eigenvalue weighted by atomic mass is 10.2. The number of nitrogens with zero attached hydrogens (tertiary/aromatic N) is 2. The van der Waals surface area contributed by atoms with Gasteiger partial charge >= 0.3 is 0 Å².